The highest BCUT2D eigenvalue weighted by atomic mass is 16.5. The molecule has 66 heavy (non-hydrogen) atoms. The first-order chi connectivity index (χ1) is 31.8. The summed E-state index contributed by atoms with van der Waals surface area (Å²) in [5.74, 6) is 0.591. The van der Waals surface area contributed by atoms with Crippen molar-refractivity contribution in [1.29, 1.82) is 0 Å². The van der Waals surface area contributed by atoms with Gasteiger partial charge in [-0.15, -0.1) is 0 Å². The summed E-state index contributed by atoms with van der Waals surface area (Å²) in [6, 6.07) is 37.6. The van der Waals surface area contributed by atoms with Crippen LogP contribution >= 0.6 is 0 Å². The number of ether oxygens (including phenoxy) is 4. The van der Waals surface area contributed by atoms with Crippen LogP contribution in [0.3, 0.4) is 0 Å². The average molecular weight is 883 g/mol. The Hall–Kier alpha value is -6.80. The fourth-order valence-corrected chi connectivity index (χ4v) is 10.3. The molecule has 0 radical (unpaired) electrons. The zero-order chi connectivity index (χ0) is 46.6. The van der Waals surface area contributed by atoms with Crippen molar-refractivity contribution in [1.82, 2.24) is 0 Å². The maximum Gasteiger partial charge on any atom is 0.343 e. The summed E-state index contributed by atoms with van der Waals surface area (Å²) >= 11 is 0. The fraction of sp³-hybridized carbons (Fsp3) is 0.310. The third-order valence-corrected chi connectivity index (χ3v) is 14.0. The first-order valence-electron chi connectivity index (χ1n) is 23.2. The van der Waals surface area contributed by atoms with Gasteiger partial charge in [-0.2, -0.15) is 0 Å². The Kier molecular flexibility index (Phi) is 13.4. The topological polar surface area (TPSA) is 105 Å². The van der Waals surface area contributed by atoms with Crippen LogP contribution in [0.5, 0.6) is 23.0 Å². The lowest BCUT2D eigenvalue weighted by Crippen LogP contribution is -2.30. The van der Waals surface area contributed by atoms with Gasteiger partial charge >= 0.3 is 17.9 Å². The van der Waals surface area contributed by atoms with Gasteiger partial charge in [0, 0.05) is 16.4 Å². The monoisotopic (exact) mass is 882 g/mol. The molecule has 0 bridgehead atoms. The van der Waals surface area contributed by atoms with Gasteiger partial charge in [0.25, 0.3) is 0 Å². The van der Waals surface area contributed by atoms with Crippen LogP contribution in [-0.2, 0) is 10.8 Å². The predicted molar refractivity (Wildman–Crippen MR) is 257 cm³/mol. The first kappa shape index (κ1) is 45.8. The summed E-state index contributed by atoms with van der Waals surface area (Å²) in [4.78, 5) is 52.0. The van der Waals surface area contributed by atoms with Gasteiger partial charge in [0.05, 0.1) is 23.8 Å². The van der Waals surface area contributed by atoms with Gasteiger partial charge in [-0.25, -0.2) is 14.4 Å². The van der Waals surface area contributed by atoms with E-state index < -0.39 is 17.9 Å². The molecule has 0 amide bonds. The van der Waals surface area contributed by atoms with Crippen LogP contribution in [0, 0.1) is 27.7 Å². The molecule has 2 aliphatic rings. The van der Waals surface area contributed by atoms with Gasteiger partial charge in [-0.1, -0.05) is 105 Å². The summed E-state index contributed by atoms with van der Waals surface area (Å²) in [5, 5.41) is 0. The van der Waals surface area contributed by atoms with Crippen LogP contribution in [0.2, 0.25) is 0 Å². The number of rotatable bonds is 12. The number of methoxy groups -OCH3 is 1. The Morgan fingerprint density at radius 1 is 0.394 bits per heavy atom. The molecule has 0 N–H and O–H groups in total. The van der Waals surface area contributed by atoms with E-state index in [0.29, 0.717) is 28.4 Å². The second kappa shape index (κ2) is 19.4. The predicted octanol–water partition coefficient (Wildman–Crippen LogP) is 13.3. The van der Waals surface area contributed by atoms with Crippen LogP contribution in [0.4, 0.5) is 0 Å². The lowest BCUT2D eigenvalue weighted by atomic mass is 9.65. The largest absolute Gasteiger partial charge is 0.496 e. The molecule has 0 aliphatic heterocycles. The molecule has 0 heterocycles. The summed E-state index contributed by atoms with van der Waals surface area (Å²) in [5.41, 5.74) is 9.38. The Morgan fingerprint density at radius 2 is 0.727 bits per heavy atom. The third-order valence-electron chi connectivity index (χ3n) is 14.0. The van der Waals surface area contributed by atoms with Gasteiger partial charge in [0.15, 0.2) is 5.78 Å². The maximum atomic E-state index is 13.7. The molecule has 0 spiro atoms. The average Bonchev–Trinajstić information content (AvgIpc) is 3.33. The van der Waals surface area contributed by atoms with Crippen LogP contribution < -0.4 is 18.9 Å². The quantitative estimate of drug-likeness (QED) is 0.0680. The fourth-order valence-electron chi connectivity index (χ4n) is 10.3. The molecular formula is C58H58O8. The Morgan fingerprint density at radius 3 is 1.06 bits per heavy atom. The van der Waals surface area contributed by atoms with Crippen molar-refractivity contribution in [3.63, 3.8) is 0 Å². The van der Waals surface area contributed by atoms with E-state index in [0.717, 1.165) is 96.9 Å². The molecule has 338 valence electrons. The maximum absolute atomic E-state index is 13.7. The van der Waals surface area contributed by atoms with Crippen LogP contribution in [-0.4, -0.2) is 30.8 Å². The highest BCUT2D eigenvalue weighted by Crippen LogP contribution is 2.48. The van der Waals surface area contributed by atoms with E-state index in [1.165, 1.54) is 30.5 Å². The van der Waals surface area contributed by atoms with E-state index in [4.69, 9.17) is 18.9 Å². The number of hydrogen-bond donors (Lipinski definition) is 0. The minimum atomic E-state index is -0.574. The first-order valence-corrected chi connectivity index (χ1v) is 23.2. The summed E-state index contributed by atoms with van der Waals surface area (Å²) in [6.07, 6.45) is 10.8. The van der Waals surface area contributed by atoms with Crippen LogP contribution in [0.1, 0.15) is 157 Å². The standard InChI is InChI=1S/C58H58O8/c1-37-32-46(20-24-50(37)63-6)57(28-9-7-10-29-57)47-22-26-52(39(3)34-47)65-55(61)44-14-13-15-45(36-44)56(62)66-53-27-23-49(35-40(53)4)58(30-11-8-12-31-58)48-21-25-51(38(2)33-48)64-54(60)43-18-16-42(17-19-43)41(5)59/h13-27,32-36H,7-12,28-31H2,1-6H3. The lowest BCUT2D eigenvalue weighted by molar-refractivity contribution is 0.0720. The van der Waals surface area contributed by atoms with Crippen molar-refractivity contribution in [2.75, 3.05) is 7.11 Å². The van der Waals surface area contributed by atoms with E-state index in [-0.39, 0.29) is 27.7 Å². The van der Waals surface area contributed by atoms with Crippen molar-refractivity contribution >= 4 is 23.7 Å². The van der Waals surface area contributed by atoms with Crippen molar-refractivity contribution < 1.29 is 38.1 Å². The van der Waals surface area contributed by atoms with E-state index in [9.17, 15) is 19.2 Å². The van der Waals surface area contributed by atoms with Gasteiger partial charge in [0.1, 0.15) is 23.0 Å². The Labute approximate surface area is 388 Å². The zero-order valence-corrected chi connectivity index (χ0v) is 38.9. The van der Waals surface area contributed by atoms with Gasteiger partial charge < -0.3 is 18.9 Å². The van der Waals surface area contributed by atoms with Crippen molar-refractivity contribution in [2.24, 2.45) is 0 Å². The molecule has 0 unspecified atom stereocenters. The molecule has 0 atom stereocenters. The number of carbonyl (C=O) groups is 4. The second-order valence-electron chi connectivity index (χ2n) is 18.3. The molecule has 0 saturated heterocycles. The zero-order valence-electron chi connectivity index (χ0n) is 38.9. The van der Waals surface area contributed by atoms with Crippen molar-refractivity contribution in [3.8, 4) is 23.0 Å². The number of hydrogen-bond acceptors (Lipinski definition) is 8. The molecule has 8 nitrogen and oxygen atoms in total. The summed E-state index contributed by atoms with van der Waals surface area (Å²) in [7, 11) is 1.70. The molecule has 2 fully saturated rings. The number of ketones is 1. The molecule has 8 heteroatoms. The molecule has 2 saturated carbocycles. The summed E-state index contributed by atoms with van der Waals surface area (Å²) < 4.78 is 23.3. The van der Waals surface area contributed by atoms with E-state index in [1.54, 1.807) is 49.6 Å². The van der Waals surface area contributed by atoms with E-state index in [2.05, 4.69) is 55.5 Å². The minimum absolute atomic E-state index is 0.0667. The molecule has 0 aromatic heterocycles. The van der Waals surface area contributed by atoms with E-state index in [1.807, 2.05) is 45.0 Å². The lowest BCUT2D eigenvalue weighted by Gasteiger charge is -2.39. The Balaban J connectivity index is 0.957. The van der Waals surface area contributed by atoms with Crippen molar-refractivity contribution in [2.45, 2.75) is 110 Å². The molecule has 6 aromatic carbocycles. The second-order valence-corrected chi connectivity index (χ2v) is 18.3. The van der Waals surface area contributed by atoms with Crippen LogP contribution in [0.25, 0.3) is 0 Å². The number of esters is 3. The number of carbonyl (C=O) groups excluding carboxylic acids is 4. The molecular weight excluding hydrogens is 825 g/mol. The summed E-state index contributed by atoms with van der Waals surface area (Å²) in [6.45, 7) is 9.43. The minimum Gasteiger partial charge on any atom is -0.496 e. The molecule has 8 rings (SSSR count). The number of benzene rings is 6. The smallest absolute Gasteiger partial charge is 0.343 e. The third kappa shape index (κ3) is 9.32. The molecule has 6 aromatic rings. The van der Waals surface area contributed by atoms with Gasteiger partial charge in [-0.3, -0.25) is 4.79 Å². The highest BCUT2D eigenvalue weighted by molar-refractivity contribution is 5.97. The van der Waals surface area contributed by atoms with Gasteiger partial charge in [-0.05, 0) is 159 Å². The number of aryl methyl sites for hydroxylation is 4. The normalized spacial score (nSPS) is 15.3. The highest BCUT2D eigenvalue weighted by Gasteiger charge is 2.38. The van der Waals surface area contributed by atoms with Crippen LogP contribution in [0.15, 0.2) is 121 Å². The van der Waals surface area contributed by atoms with Crippen molar-refractivity contribution in [3.05, 3.63) is 188 Å². The molecule has 2 aliphatic carbocycles. The van der Waals surface area contributed by atoms with E-state index >= 15 is 0 Å². The Bertz CT molecular complexity index is 2800. The number of Topliss-reactive ketones (excluding diaryl/α,β-unsaturated/α-hetero) is 1. The van der Waals surface area contributed by atoms with Gasteiger partial charge in [0.2, 0.25) is 0 Å². The SMILES string of the molecule is COc1ccc(C2(c3ccc(OC(=O)c4cccc(C(=O)Oc5ccc(C6(c7ccc(OC(=O)c8ccc(C(C)=O)cc8)c(C)c7)CCCCC6)cc5C)c4)c(C)c3)CCCCC2)cc1C.